The molecule has 26 nitrogen and oxygen atoms in total. The normalized spacial score (nSPS) is 50.8. The molecule has 8 fully saturated rings. The maximum absolute atomic E-state index is 13.3. The van der Waals surface area contributed by atoms with Crippen molar-refractivity contribution in [1.82, 2.24) is 0 Å². The molecule has 0 spiro atoms. The third-order valence-electron chi connectivity index (χ3n) is 22.6. The minimum absolute atomic E-state index is 0.0251. The molecule has 0 aromatic rings. The van der Waals surface area contributed by atoms with Gasteiger partial charge in [0.15, 0.2) is 37.4 Å². The van der Waals surface area contributed by atoms with Crippen LogP contribution in [0, 0.1) is 50.2 Å². The van der Waals surface area contributed by atoms with Crippen LogP contribution in [0.5, 0.6) is 0 Å². The molecule has 4 aliphatic heterocycles. The third kappa shape index (κ3) is 10.9. The van der Waals surface area contributed by atoms with Gasteiger partial charge >= 0.3 is 17.9 Å². The minimum Gasteiger partial charge on any atom is -0.479 e. The summed E-state index contributed by atoms with van der Waals surface area (Å²) in [7, 11) is 0. The van der Waals surface area contributed by atoms with Crippen LogP contribution >= 0.6 is 0 Å². The highest BCUT2D eigenvalue weighted by molar-refractivity contribution is 5.87. The third-order valence-corrected chi connectivity index (χ3v) is 22.6. The van der Waals surface area contributed by atoms with Crippen LogP contribution in [0.2, 0.25) is 0 Å². The van der Waals surface area contributed by atoms with Gasteiger partial charge in [-0.05, 0) is 111 Å². The maximum atomic E-state index is 13.3. The van der Waals surface area contributed by atoms with E-state index in [1.165, 1.54) is 26.8 Å². The number of hydrogen-bond donors (Lipinski definition) is 13. The second kappa shape index (κ2) is 24.6. The molecular weight excluding hydrogens is 1140 g/mol. The van der Waals surface area contributed by atoms with Crippen molar-refractivity contribution in [3.8, 4) is 0 Å². The van der Waals surface area contributed by atoms with Gasteiger partial charge in [-0.2, -0.15) is 0 Å². The van der Waals surface area contributed by atoms with Gasteiger partial charge in [0, 0.05) is 12.5 Å². The van der Waals surface area contributed by atoms with Crippen LogP contribution in [0.15, 0.2) is 23.3 Å². The van der Waals surface area contributed by atoms with Crippen LogP contribution in [0.1, 0.15) is 121 Å². The zero-order valence-electron chi connectivity index (χ0n) is 50.9. The van der Waals surface area contributed by atoms with Gasteiger partial charge in [-0.25, -0.2) is 9.59 Å². The molecule has 0 aromatic heterocycles. The molecule has 5 aliphatic carbocycles. The number of rotatable bonds is 15. The Labute approximate surface area is 500 Å². The van der Waals surface area contributed by atoms with Gasteiger partial charge in [0.2, 0.25) is 0 Å². The van der Waals surface area contributed by atoms with E-state index in [9.17, 15) is 80.8 Å². The van der Waals surface area contributed by atoms with Gasteiger partial charge in [0.05, 0.1) is 43.5 Å². The fraction of sp³-hybridized carbons (Fsp3) is 0.883. The number of aliphatic hydroxyl groups is 12. The smallest absolute Gasteiger partial charge is 0.335 e. The fourth-order valence-corrected chi connectivity index (χ4v) is 17.5. The molecule has 9 rings (SSSR count). The van der Waals surface area contributed by atoms with E-state index >= 15 is 0 Å². The number of ether oxygens (including phenoxy) is 10. The molecule has 490 valence electrons. The van der Waals surface area contributed by atoms with Crippen molar-refractivity contribution in [1.29, 1.82) is 0 Å². The molecule has 26 heteroatoms. The van der Waals surface area contributed by atoms with Crippen LogP contribution in [0.25, 0.3) is 0 Å². The van der Waals surface area contributed by atoms with Gasteiger partial charge in [0.25, 0.3) is 0 Å². The highest BCUT2D eigenvalue weighted by Gasteiger charge is 2.74. The number of carbonyl (C=O) groups excluding carboxylic acids is 2. The predicted octanol–water partition coefficient (Wildman–Crippen LogP) is -0.803. The molecule has 4 saturated carbocycles. The van der Waals surface area contributed by atoms with Crippen LogP contribution in [-0.2, 0) is 61.8 Å². The Kier molecular flexibility index (Phi) is 19.3. The molecule has 0 radical (unpaired) electrons. The first-order valence-electron chi connectivity index (χ1n) is 30.3. The number of allylic oxidation sites excluding steroid dienone is 3. The zero-order valence-corrected chi connectivity index (χ0v) is 50.9. The number of carboxylic acids is 1. The van der Waals surface area contributed by atoms with E-state index in [2.05, 4.69) is 26.8 Å². The second-order valence-corrected chi connectivity index (χ2v) is 28.0. The maximum Gasteiger partial charge on any atom is 0.335 e. The summed E-state index contributed by atoms with van der Waals surface area (Å²) in [5.41, 5.74) is -3.60. The molecule has 30 atom stereocenters. The van der Waals surface area contributed by atoms with E-state index in [1.807, 2.05) is 27.7 Å². The summed E-state index contributed by atoms with van der Waals surface area (Å²) in [4.78, 5) is 39.2. The second-order valence-electron chi connectivity index (χ2n) is 28.0. The Bertz CT molecular complexity index is 2530. The average Bonchev–Trinajstić information content (AvgIpc) is 0.727. The average molecular weight is 1230 g/mol. The van der Waals surface area contributed by atoms with Gasteiger partial charge in [-0.3, -0.25) is 4.79 Å². The number of hydrogen-bond acceptors (Lipinski definition) is 25. The Morgan fingerprint density at radius 2 is 1.22 bits per heavy atom. The van der Waals surface area contributed by atoms with Crippen LogP contribution < -0.4 is 0 Å². The molecular formula is C60H94O26. The van der Waals surface area contributed by atoms with Crippen molar-refractivity contribution in [2.45, 2.75) is 262 Å². The first-order chi connectivity index (χ1) is 40.1. The molecule has 4 saturated heterocycles. The number of carboxylic acid groups (broad SMARTS) is 1. The Morgan fingerprint density at radius 3 is 1.80 bits per heavy atom. The van der Waals surface area contributed by atoms with Gasteiger partial charge < -0.3 is 114 Å². The summed E-state index contributed by atoms with van der Waals surface area (Å²) >= 11 is 0. The standard InChI is InChI=1S/C60H94O26/c1-12-24(2)50(76)82-43-35(66)25(3)77-53(42(43)73)86-47-48(78-26(4)64)60(23-63)28(19-55(47,5)6)27-13-14-32-57(9)17-16-34(56(7,8)31(57)15-18-58(32,10)59(27,11)20-33(60)65)81-54-46(85-52-40(71)38(69)36(67)29(21-61)79-52)44(41(72)45(84-54)49(74)75)83-51-39(70)37(68)30(22-62)80-51/h12-13,25,28-48,51-54,61-63,65-73H,14-23H2,1-11H3,(H,74,75)/b24-12-/t25-,28?,29+,30-,31?,32?,33+,34-,35-,36-,37-,38-,39+,40+,41-,42+,43+,44-,45-,46+,47-,48-,51-,52-,53-,54+,57-,58+,59+,60-/m0/s1. The summed E-state index contributed by atoms with van der Waals surface area (Å²) in [6.07, 6.45) is -30.0. The van der Waals surface area contributed by atoms with Crippen LogP contribution in [0.3, 0.4) is 0 Å². The Hall–Kier alpha value is -2.91. The largest absolute Gasteiger partial charge is 0.479 e. The van der Waals surface area contributed by atoms with Crippen molar-refractivity contribution >= 4 is 17.9 Å². The first-order valence-corrected chi connectivity index (χ1v) is 30.3. The molecule has 0 amide bonds. The van der Waals surface area contributed by atoms with E-state index < -0.39 is 217 Å². The lowest BCUT2D eigenvalue weighted by Gasteiger charge is -2.72. The van der Waals surface area contributed by atoms with Gasteiger partial charge in [0.1, 0.15) is 85.5 Å². The van der Waals surface area contributed by atoms with Crippen molar-refractivity contribution in [3.05, 3.63) is 23.3 Å². The molecule has 4 heterocycles. The van der Waals surface area contributed by atoms with E-state index in [-0.39, 0.29) is 23.8 Å². The van der Waals surface area contributed by atoms with E-state index in [1.54, 1.807) is 6.92 Å². The zero-order chi connectivity index (χ0) is 63.5. The molecule has 9 aliphatic rings. The predicted molar refractivity (Wildman–Crippen MR) is 293 cm³/mol. The lowest BCUT2D eigenvalue weighted by atomic mass is 9.33. The fourth-order valence-electron chi connectivity index (χ4n) is 17.5. The summed E-state index contributed by atoms with van der Waals surface area (Å²) in [5.74, 6) is -3.81. The Morgan fingerprint density at radius 1 is 0.628 bits per heavy atom. The van der Waals surface area contributed by atoms with E-state index in [4.69, 9.17) is 47.4 Å². The van der Waals surface area contributed by atoms with Crippen molar-refractivity contribution in [2.24, 2.45) is 50.2 Å². The van der Waals surface area contributed by atoms with E-state index in [0.29, 0.717) is 38.5 Å². The summed E-state index contributed by atoms with van der Waals surface area (Å²) in [6, 6.07) is 0. The molecule has 0 aromatic carbocycles. The summed E-state index contributed by atoms with van der Waals surface area (Å²) in [5, 5.41) is 144. The topological polar surface area (TPSA) is 407 Å². The number of fused-ring (bicyclic) bond motifs is 7. The number of esters is 2. The van der Waals surface area contributed by atoms with Gasteiger partial charge in [-0.15, -0.1) is 0 Å². The minimum atomic E-state index is -2.12. The van der Waals surface area contributed by atoms with Crippen molar-refractivity contribution in [2.75, 3.05) is 19.8 Å². The lowest BCUT2D eigenvalue weighted by Crippen LogP contribution is -2.73. The Balaban J connectivity index is 1.01. The number of aliphatic hydroxyl groups excluding tert-OH is 12. The van der Waals surface area contributed by atoms with E-state index in [0.717, 1.165) is 5.57 Å². The molecule has 3 unspecified atom stereocenters. The first kappa shape index (κ1) is 67.5. The van der Waals surface area contributed by atoms with Gasteiger partial charge in [-0.1, -0.05) is 66.2 Å². The number of carbonyl (C=O) groups is 3. The monoisotopic (exact) mass is 1230 g/mol. The lowest BCUT2D eigenvalue weighted by molar-refractivity contribution is -0.386. The summed E-state index contributed by atoms with van der Waals surface area (Å²) in [6.45, 7) is 18.4. The SMILES string of the molecule is C/C=C(/C)C(=O)O[C@@H]1[C@@H](O)[C@H](C)O[C@@H](O[C@H]2[C@H](OC(C)=O)[C@@]3(CO)C(CC2(C)C)C2=CCC4[C@@]5(C)CC[C@H](O[C@@H]6O[C@H](C(=O)O)[C@@H](O)[C@H](O[C@@H]7O[C@@H](CO)[C@H](O)[C@H]7O)[C@H]6O[C@@H]6O[C@H](CO)[C@H](O)[C@H](O)[C@H]6O)C(C)(C)C5CC[C@@]4(C)[C@]2(C)C[C@H]3O)[C@@H]1O. The quantitative estimate of drug-likeness (QED) is 0.0413. The molecule has 0 bridgehead atoms. The highest BCUT2D eigenvalue weighted by atomic mass is 16.8. The summed E-state index contributed by atoms with van der Waals surface area (Å²) < 4.78 is 61.2. The highest BCUT2D eigenvalue weighted by Crippen LogP contribution is 2.76. The molecule has 86 heavy (non-hydrogen) atoms. The van der Waals surface area contributed by atoms with Crippen molar-refractivity contribution < 1.29 is 128 Å². The van der Waals surface area contributed by atoms with Crippen molar-refractivity contribution in [3.63, 3.8) is 0 Å². The van der Waals surface area contributed by atoms with Crippen LogP contribution in [-0.4, -0.2) is 245 Å². The van der Waals surface area contributed by atoms with Crippen LogP contribution in [0.4, 0.5) is 0 Å². The number of aliphatic carboxylic acids is 1. The molecule has 13 N–H and O–H groups in total.